The standard InChI is InChI=1S/C30H46N4O7/c1-20(32(8)28(40)41-30(5,6)7)24(35)31-23(29(2,3)4)25(36)34-17-12-15-22(34)19-33(26(37)27(38)39)18-16-21-13-10-9-11-14-21/h9-11,13-14,20,22-23H,12,15-19H2,1-8H3,(H,31,35)(H,38,39). The molecule has 3 atom stereocenters. The number of rotatable bonds is 9. The number of carbonyl (C=O) groups is 5. The topological polar surface area (TPSA) is 137 Å². The molecule has 0 spiro atoms. The van der Waals surface area contributed by atoms with Crippen LogP contribution in [0.1, 0.15) is 66.9 Å². The van der Waals surface area contributed by atoms with Gasteiger partial charge in [-0.1, -0.05) is 51.1 Å². The molecule has 11 nitrogen and oxygen atoms in total. The predicted molar refractivity (Wildman–Crippen MR) is 154 cm³/mol. The van der Waals surface area contributed by atoms with Crippen LogP contribution in [-0.2, 0) is 30.3 Å². The second-order valence-electron chi connectivity index (χ2n) is 12.7. The van der Waals surface area contributed by atoms with Gasteiger partial charge in [0.15, 0.2) is 0 Å². The van der Waals surface area contributed by atoms with Gasteiger partial charge in [-0.25, -0.2) is 9.59 Å². The van der Waals surface area contributed by atoms with Gasteiger partial charge in [0.1, 0.15) is 17.7 Å². The number of aliphatic carboxylic acids is 1. The van der Waals surface area contributed by atoms with E-state index in [2.05, 4.69) is 5.32 Å². The molecule has 11 heteroatoms. The first-order chi connectivity index (χ1) is 18.9. The number of benzene rings is 1. The summed E-state index contributed by atoms with van der Waals surface area (Å²) in [6.07, 6.45) is 1.11. The summed E-state index contributed by atoms with van der Waals surface area (Å²) in [7, 11) is 1.46. The zero-order valence-corrected chi connectivity index (χ0v) is 25.6. The smallest absolute Gasteiger partial charge is 0.410 e. The zero-order valence-electron chi connectivity index (χ0n) is 25.6. The summed E-state index contributed by atoms with van der Waals surface area (Å²) < 4.78 is 5.36. The van der Waals surface area contributed by atoms with E-state index in [1.54, 1.807) is 32.6 Å². The molecule has 1 aliphatic rings. The van der Waals surface area contributed by atoms with Crippen molar-refractivity contribution in [3.63, 3.8) is 0 Å². The van der Waals surface area contributed by atoms with Gasteiger partial charge in [-0.3, -0.25) is 19.3 Å². The fourth-order valence-corrected chi connectivity index (χ4v) is 4.64. The SMILES string of the molecule is CC(C(=O)NC(C(=O)N1CCCC1CN(CCc1ccccc1)C(=O)C(=O)O)C(C)(C)C)N(C)C(=O)OC(C)(C)C. The molecule has 3 unspecified atom stereocenters. The van der Waals surface area contributed by atoms with E-state index in [0.717, 1.165) is 5.56 Å². The minimum Gasteiger partial charge on any atom is -0.474 e. The van der Waals surface area contributed by atoms with E-state index in [1.165, 1.54) is 16.8 Å². The molecular formula is C30H46N4O7. The van der Waals surface area contributed by atoms with Crippen molar-refractivity contribution >= 4 is 29.8 Å². The number of hydrogen-bond donors (Lipinski definition) is 2. The number of nitrogens with zero attached hydrogens (tertiary/aromatic N) is 3. The minimum atomic E-state index is -1.54. The van der Waals surface area contributed by atoms with Crippen LogP contribution in [0.3, 0.4) is 0 Å². The molecule has 1 aromatic rings. The van der Waals surface area contributed by atoms with Gasteiger partial charge in [-0.05, 0) is 57.9 Å². The summed E-state index contributed by atoms with van der Waals surface area (Å²) >= 11 is 0. The number of carboxylic acids is 1. The molecule has 228 valence electrons. The normalized spacial score (nSPS) is 16.9. The number of carbonyl (C=O) groups excluding carboxylic acids is 4. The average Bonchev–Trinajstić information content (AvgIpc) is 3.34. The van der Waals surface area contributed by atoms with E-state index in [9.17, 15) is 29.1 Å². The summed E-state index contributed by atoms with van der Waals surface area (Å²) in [5.74, 6) is -3.38. The first-order valence-corrected chi connectivity index (χ1v) is 14.0. The van der Waals surface area contributed by atoms with E-state index in [4.69, 9.17) is 4.74 Å². The number of nitrogens with one attached hydrogen (secondary N) is 1. The molecule has 1 fully saturated rings. The highest BCUT2D eigenvalue weighted by Gasteiger charge is 2.41. The molecular weight excluding hydrogens is 528 g/mol. The Morgan fingerprint density at radius 3 is 2.22 bits per heavy atom. The van der Waals surface area contributed by atoms with E-state index < -0.39 is 53.0 Å². The van der Waals surface area contributed by atoms with Crippen LogP contribution in [-0.4, -0.2) is 100.0 Å². The summed E-state index contributed by atoms with van der Waals surface area (Å²) in [4.78, 5) is 67.9. The molecule has 1 heterocycles. The van der Waals surface area contributed by atoms with E-state index >= 15 is 0 Å². The molecule has 2 rings (SSSR count). The number of amides is 4. The quantitative estimate of drug-likeness (QED) is 0.433. The number of likely N-dealkylation sites (N-methyl/N-ethyl adjacent to an activating group) is 1. The van der Waals surface area contributed by atoms with Crippen molar-refractivity contribution in [2.75, 3.05) is 26.7 Å². The van der Waals surface area contributed by atoms with Gasteiger partial charge in [-0.15, -0.1) is 0 Å². The summed E-state index contributed by atoms with van der Waals surface area (Å²) in [5, 5.41) is 12.3. The molecule has 0 saturated carbocycles. The van der Waals surface area contributed by atoms with Crippen molar-refractivity contribution in [1.82, 2.24) is 20.0 Å². The Morgan fingerprint density at radius 2 is 1.68 bits per heavy atom. The maximum absolute atomic E-state index is 13.9. The van der Waals surface area contributed by atoms with Crippen LogP contribution >= 0.6 is 0 Å². The monoisotopic (exact) mass is 574 g/mol. The number of carboxylic acid groups (broad SMARTS) is 1. The van der Waals surface area contributed by atoms with Gasteiger partial charge < -0.3 is 25.0 Å². The fourth-order valence-electron chi connectivity index (χ4n) is 4.64. The molecule has 41 heavy (non-hydrogen) atoms. The molecule has 0 aliphatic carbocycles. The lowest BCUT2D eigenvalue weighted by Gasteiger charge is -2.38. The number of hydrogen-bond acceptors (Lipinski definition) is 6. The summed E-state index contributed by atoms with van der Waals surface area (Å²) in [6, 6.07) is 7.24. The van der Waals surface area contributed by atoms with Crippen molar-refractivity contribution in [2.24, 2.45) is 5.41 Å². The van der Waals surface area contributed by atoms with Crippen molar-refractivity contribution in [2.45, 2.75) is 91.5 Å². The maximum Gasteiger partial charge on any atom is 0.410 e. The summed E-state index contributed by atoms with van der Waals surface area (Å²) in [6.45, 7) is 13.0. The predicted octanol–water partition coefficient (Wildman–Crippen LogP) is 2.92. The first kappa shape index (κ1) is 33.6. The largest absolute Gasteiger partial charge is 0.474 e. The number of ether oxygens (including phenoxy) is 1. The highest BCUT2D eigenvalue weighted by molar-refractivity contribution is 6.31. The molecule has 1 aromatic carbocycles. The Labute approximate surface area is 243 Å². The van der Waals surface area contributed by atoms with Crippen LogP contribution in [0, 0.1) is 5.41 Å². The van der Waals surface area contributed by atoms with Crippen molar-refractivity contribution in [3.8, 4) is 0 Å². The van der Waals surface area contributed by atoms with Gasteiger partial charge in [0.05, 0.1) is 0 Å². The van der Waals surface area contributed by atoms with Crippen molar-refractivity contribution in [3.05, 3.63) is 35.9 Å². The molecule has 2 N–H and O–H groups in total. The van der Waals surface area contributed by atoms with Crippen LogP contribution in [0.25, 0.3) is 0 Å². The second kappa shape index (κ2) is 13.8. The van der Waals surface area contributed by atoms with Gasteiger partial charge in [0, 0.05) is 32.7 Å². The minimum absolute atomic E-state index is 0.0757. The Hall–Kier alpha value is -3.63. The Bertz CT molecular complexity index is 1090. The molecule has 1 aliphatic heterocycles. The molecule has 0 bridgehead atoms. The van der Waals surface area contributed by atoms with Gasteiger partial charge >= 0.3 is 18.0 Å². The molecule has 4 amide bonds. The average molecular weight is 575 g/mol. The van der Waals surface area contributed by atoms with Gasteiger partial charge in [0.2, 0.25) is 11.8 Å². The lowest BCUT2D eigenvalue weighted by Crippen LogP contribution is -2.60. The van der Waals surface area contributed by atoms with Crippen molar-refractivity contribution in [1.29, 1.82) is 0 Å². The third-order valence-corrected chi connectivity index (χ3v) is 7.12. The summed E-state index contributed by atoms with van der Waals surface area (Å²) in [5.41, 5.74) is -0.433. The third-order valence-electron chi connectivity index (χ3n) is 7.12. The molecule has 0 radical (unpaired) electrons. The van der Waals surface area contributed by atoms with Crippen LogP contribution in [0.2, 0.25) is 0 Å². The maximum atomic E-state index is 13.9. The lowest BCUT2D eigenvalue weighted by molar-refractivity contribution is -0.156. The zero-order chi connectivity index (χ0) is 31.1. The van der Waals surface area contributed by atoms with Crippen LogP contribution < -0.4 is 5.32 Å². The first-order valence-electron chi connectivity index (χ1n) is 14.0. The van der Waals surface area contributed by atoms with Crippen molar-refractivity contribution < 1.29 is 33.8 Å². The van der Waals surface area contributed by atoms with Crippen LogP contribution in [0.4, 0.5) is 4.79 Å². The second-order valence-corrected chi connectivity index (χ2v) is 12.7. The van der Waals surface area contributed by atoms with Gasteiger partial charge in [-0.2, -0.15) is 0 Å². The highest BCUT2D eigenvalue weighted by atomic mass is 16.6. The number of likely N-dealkylation sites (tertiary alicyclic amines) is 1. The van der Waals surface area contributed by atoms with E-state index in [0.29, 0.717) is 25.8 Å². The van der Waals surface area contributed by atoms with E-state index in [1.807, 2.05) is 51.1 Å². The molecule has 0 aromatic heterocycles. The Kier molecular flexibility index (Phi) is 11.3. The fraction of sp³-hybridized carbons (Fsp3) is 0.633. The molecule has 1 saturated heterocycles. The lowest BCUT2D eigenvalue weighted by atomic mass is 9.85. The van der Waals surface area contributed by atoms with Crippen LogP contribution in [0.5, 0.6) is 0 Å². The highest BCUT2D eigenvalue weighted by Crippen LogP contribution is 2.27. The van der Waals surface area contributed by atoms with Crippen LogP contribution in [0.15, 0.2) is 30.3 Å². The third kappa shape index (κ3) is 9.75. The van der Waals surface area contributed by atoms with Gasteiger partial charge in [0.25, 0.3) is 0 Å². The Morgan fingerprint density at radius 1 is 1.07 bits per heavy atom. The van der Waals surface area contributed by atoms with E-state index in [-0.39, 0.29) is 19.0 Å². The Balaban J connectivity index is 2.19.